The molecule has 0 aliphatic carbocycles. The van der Waals surface area contributed by atoms with Crippen molar-refractivity contribution in [3.05, 3.63) is 23.3 Å². The highest BCUT2D eigenvalue weighted by molar-refractivity contribution is 7.89. The van der Waals surface area contributed by atoms with Crippen LogP contribution in [0.2, 0.25) is 0 Å². The minimum Gasteiger partial charge on any atom is -0.398 e. The van der Waals surface area contributed by atoms with Crippen molar-refractivity contribution in [3.8, 4) is 0 Å². The van der Waals surface area contributed by atoms with Crippen molar-refractivity contribution in [2.75, 3.05) is 18.9 Å². The lowest BCUT2D eigenvalue weighted by molar-refractivity contribution is 0.285. The zero-order valence-corrected chi connectivity index (χ0v) is 11.5. The van der Waals surface area contributed by atoms with E-state index in [-0.39, 0.29) is 17.2 Å². The molecule has 0 aromatic heterocycles. The van der Waals surface area contributed by atoms with Gasteiger partial charge < -0.3 is 10.8 Å². The lowest BCUT2D eigenvalue weighted by atomic mass is 10.1. The molecule has 6 heteroatoms. The van der Waals surface area contributed by atoms with Crippen LogP contribution in [-0.4, -0.2) is 26.7 Å². The summed E-state index contributed by atoms with van der Waals surface area (Å²) in [5.41, 5.74) is 7.56. The molecule has 18 heavy (non-hydrogen) atoms. The zero-order valence-electron chi connectivity index (χ0n) is 10.7. The van der Waals surface area contributed by atoms with Gasteiger partial charge in [-0.3, -0.25) is 0 Å². The standard InChI is InChI=1S/C12H20N2O3S/c1-9-5-6-11(13)12(10(9)2)18(16,17)14-7-3-4-8-15/h5-6,14-15H,3-4,7-8,13H2,1-2H3. The van der Waals surface area contributed by atoms with Gasteiger partial charge in [-0.1, -0.05) is 6.07 Å². The predicted octanol–water partition coefficient (Wildman–Crippen LogP) is 0.936. The van der Waals surface area contributed by atoms with Crippen molar-refractivity contribution in [2.45, 2.75) is 31.6 Å². The van der Waals surface area contributed by atoms with E-state index in [1.165, 1.54) is 0 Å². The molecular weight excluding hydrogens is 252 g/mol. The average Bonchev–Trinajstić information content (AvgIpc) is 2.30. The van der Waals surface area contributed by atoms with E-state index in [0.29, 0.717) is 24.9 Å². The maximum atomic E-state index is 12.1. The van der Waals surface area contributed by atoms with Crippen LogP contribution < -0.4 is 10.5 Å². The number of aliphatic hydroxyl groups excluding tert-OH is 1. The van der Waals surface area contributed by atoms with E-state index >= 15 is 0 Å². The first-order chi connectivity index (χ1) is 8.40. The largest absolute Gasteiger partial charge is 0.398 e. The van der Waals surface area contributed by atoms with Gasteiger partial charge in [-0.2, -0.15) is 0 Å². The van der Waals surface area contributed by atoms with Gasteiger partial charge in [0.05, 0.1) is 5.69 Å². The normalized spacial score (nSPS) is 11.7. The minimum atomic E-state index is -3.58. The summed E-state index contributed by atoms with van der Waals surface area (Å²) < 4.78 is 26.8. The molecule has 5 nitrogen and oxygen atoms in total. The monoisotopic (exact) mass is 272 g/mol. The summed E-state index contributed by atoms with van der Waals surface area (Å²) in [6.07, 6.45) is 1.17. The SMILES string of the molecule is Cc1ccc(N)c(S(=O)(=O)NCCCCO)c1C. The number of aliphatic hydroxyl groups is 1. The topological polar surface area (TPSA) is 92.4 Å². The molecule has 0 amide bonds. The predicted molar refractivity (Wildman–Crippen MR) is 71.8 cm³/mol. The number of nitrogen functional groups attached to an aromatic ring is 1. The summed E-state index contributed by atoms with van der Waals surface area (Å²) >= 11 is 0. The maximum absolute atomic E-state index is 12.1. The molecule has 1 rings (SSSR count). The molecule has 0 unspecified atom stereocenters. The van der Waals surface area contributed by atoms with Crippen molar-refractivity contribution in [1.29, 1.82) is 0 Å². The number of benzene rings is 1. The van der Waals surface area contributed by atoms with Crippen LogP contribution in [0.25, 0.3) is 0 Å². The summed E-state index contributed by atoms with van der Waals surface area (Å²) in [6.45, 7) is 3.95. The number of hydrogen-bond donors (Lipinski definition) is 3. The highest BCUT2D eigenvalue weighted by Crippen LogP contribution is 2.24. The molecule has 0 saturated heterocycles. The molecule has 0 heterocycles. The van der Waals surface area contributed by atoms with Crippen LogP contribution in [0.1, 0.15) is 24.0 Å². The van der Waals surface area contributed by atoms with Crippen molar-refractivity contribution in [1.82, 2.24) is 4.72 Å². The van der Waals surface area contributed by atoms with Gasteiger partial charge in [-0.05, 0) is 43.9 Å². The molecule has 0 aliphatic heterocycles. The van der Waals surface area contributed by atoms with Gasteiger partial charge in [0.2, 0.25) is 10.0 Å². The molecule has 0 spiro atoms. The Bertz CT molecular complexity index is 512. The Morgan fingerprint density at radius 2 is 1.94 bits per heavy atom. The molecular formula is C12H20N2O3S. The molecule has 1 aromatic carbocycles. The first kappa shape index (κ1) is 14.9. The fraction of sp³-hybridized carbons (Fsp3) is 0.500. The molecule has 0 bridgehead atoms. The van der Waals surface area contributed by atoms with Crippen LogP contribution in [0.3, 0.4) is 0 Å². The van der Waals surface area contributed by atoms with Crippen molar-refractivity contribution >= 4 is 15.7 Å². The zero-order chi connectivity index (χ0) is 13.8. The summed E-state index contributed by atoms with van der Waals surface area (Å²) in [5.74, 6) is 0. The fourth-order valence-corrected chi connectivity index (χ4v) is 3.18. The van der Waals surface area contributed by atoms with E-state index in [1.54, 1.807) is 19.1 Å². The summed E-state index contributed by atoms with van der Waals surface area (Å²) in [6, 6.07) is 3.40. The highest BCUT2D eigenvalue weighted by atomic mass is 32.2. The Morgan fingerprint density at radius 3 is 2.56 bits per heavy atom. The summed E-state index contributed by atoms with van der Waals surface area (Å²) in [4.78, 5) is 0.159. The smallest absolute Gasteiger partial charge is 0.242 e. The number of sulfonamides is 1. The van der Waals surface area contributed by atoms with Crippen LogP contribution in [0.15, 0.2) is 17.0 Å². The third-order valence-corrected chi connectivity index (χ3v) is 4.52. The van der Waals surface area contributed by atoms with E-state index in [1.807, 2.05) is 6.92 Å². The summed E-state index contributed by atoms with van der Waals surface area (Å²) in [7, 11) is -3.58. The Labute approximate surface area is 108 Å². The second-order valence-electron chi connectivity index (χ2n) is 4.25. The van der Waals surface area contributed by atoms with Gasteiger partial charge in [0.15, 0.2) is 0 Å². The quantitative estimate of drug-likeness (QED) is 0.531. The van der Waals surface area contributed by atoms with Gasteiger partial charge in [0.25, 0.3) is 0 Å². The Balaban J connectivity index is 2.95. The highest BCUT2D eigenvalue weighted by Gasteiger charge is 2.20. The second-order valence-corrected chi connectivity index (χ2v) is 5.96. The molecule has 0 saturated carbocycles. The van der Waals surface area contributed by atoms with Crippen molar-refractivity contribution < 1.29 is 13.5 Å². The van der Waals surface area contributed by atoms with Crippen LogP contribution in [-0.2, 0) is 10.0 Å². The third kappa shape index (κ3) is 3.44. The van der Waals surface area contributed by atoms with Gasteiger partial charge in [0, 0.05) is 13.2 Å². The van der Waals surface area contributed by atoms with E-state index < -0.39 is 10.0 Å². The maximum Gasteiger partial charge on any atom is 0.242 e. The van der Waals surface area contributed by atoms with Crippen LogP contribution in [0.5, 0.6) is 0 Å². The van der Waals surface area contributed by atoms with Crippen LogP contribution in [0.4, 0.5) is 5.69 Å². The van der Waals surface area contributed by atoms with Crippen LogP contribution >= 0.6 is 0 Å². The van der Waals surface area contributed by atoms with Gasteiger partial charge in [-0.25, -0.2) is 13.1 Å². The van der Waals surface area contributed by atoms with E-state index in [0.717, 1.165) is 5.56 Å². The number of hydrogen-bond acceptors (Lipinski definition) is 4. The number of nitrogens with one attached hydrogen (secondary N) is 1. The van der Waals surface area contributed by atoms with Crippen LogP contribution in [0, 0.1) is 13.8 Å². The fourth-order valence-electron chi connectivity index (χ4n) is 1.68. The molecule has 0 radical (unpaired) electrons. The van der Waals surface area contributed by atoms with Crippen molar-refractivity contribution in [2.24, 2.45) is 0 Å². The minimum absolute atomic E-state index is 0.0628. The molecule has 0 fully saturated rings. The molecule has 1 aromatic rings. The average molecular weight is 272 g/mol. The Hall–Kier alpha value is -1.11. The number of aryl methyl sites for hydroxylation is 1. The molecule has 102 valence electrons. The van der Waals surface area contributed by atoms with E-state index in [2.05, 4.69) is 4.72 Å². The van der Waals surface area contributed by atoms with Gasteiger partial charge >= 0.3 is 0 Å². The Morgan fingerprint density at radius 1 is 1.28 bits per heavy atom. The first-order valence-electron chi connectivity index (χ1n) is 5.86. The second kappa shape index (κ2) is 6.17. The third-order valence-electron chi connectivity index (χ3n) is 2.85. The number of anilines is 1. The number of rotatable bonds is 6. The Kier molecular flexibility index (Phi) is 5.13. The van der Waals surface area contributed by atoms with E-state index in [9.17, 15) is 8.42 Å². The molecule has 4 N–H and O–H groups in total. The van der Waals surface area contributed by atoms with Gasteiger partial charge in [-0.15, -0.1) is 0 Å². The molecule has 0 atom stereocenters. The first-order valence-corrected chi connectivity index (χ1v) is 7.34. The van der Waals surface area contributed by atoms with Crippen molar-refractivity contribution in [3.63, 3.8) is 0 Å². The number of unbranched alkanes of at least 4 members (excludes halogenated alkanes) is 1. The van der Waals surface area contributed by atoms with E-state index in [4.69, 9.17) is 10.8 Å². The summed E-state index contributed by atoms with van der Waals surface area (Å²) in [5, 5.41) is 8.64. The number of nitrogens with two attached hydrogens (primary N) is 1. The van der Waals surface area contributed by atoms with Gasteiger partial charge in [0.1, 0.15) is 4.90 Å². The lowest BCUT2D eigenvalue weighted by Gasteiger charge is -2.13. The lowest BCUT2D eigenvalue weighted by Crippen LogP contribution is -2.26. The molecule has 0 aliphatic rings.